The molecule has 0 aliphatic rings. The zero-order chi connectivity index (χ0) is 22.9. The Morgan fingerprint density at radius 3 is 1.00 bits per heavy atom. The Hall–Kier alpha value is -3.30. The van der Waals surface area contributed by atoms with Crippen LogP contribution in [-0.4, -0.2) is 7.32 Å². The van der Waals surface area contributed by atoms with Crippen molar-refractivity contribution in [2.45, 2.75) is 20.8 Å². The Balaban J connectivity index is 2.02. The summed E-state index contributed by atoms with van der Waals surface area (Å²) < 4.78 is 98.7. The third-order valence-corrected chi connectivity index (χ3v) is 4.45. The van der Waals surface area contributed by atoms with Crippen LogP contribution in [0, 0.1) is 55.7 Å². The van der Waals surface area contributed by atoms with Gasteiger partial charge in [-0.3, -0.25) is 0 Å². The summed E-state index contributed by atoms with van der Waals surface area (Å²) in [7, 11) is -1.92. The molecule has 31 heavy (non-hydrogen) atoms. The van der Waals surface area contributed by atoms with Gasteiger partial charge in [0, 0.05) is 53.1 Å². The summed E-state index contributed by atoms with van der Waals surface area (Å²) in [5.74, 6) is -6.79. The molecule has 0 aromatic heterocycles. The Bertz CT molecular complexity index is 997. The summed E-state index contributed by atoms with van der Waals surface area (Å²) >= 11 is 0. The van der Waals surface area contributed by atoms with Crippen molar-refractivity contribution < 1.29 is 40.3 Å². The third kappa shape index (κ3) is 5.07. The van der Waals surface area contributed by atoms with Crippen molar-refractivity contribution in [1.82, 2.24) is 0 Å². The van der Waals surface area contributed by atoms with E-state index < -0.39 is 42.2 Å². The molecule has 0 aliphatic heterocycles. The first-order valence-corrected chi connectivity index (χ1v) is 8.92. The average molecular weight is 440 g/mol. The predicted molar refractivity (Wildman–Crippen MR) is 101 cm³/mol. The second-order valence-electron chi connectivity index (χ2n) is 6.67. The topological polar surface area (TPSA) is 27.7 Å². The fourth-order valence-corrected chi connectivity index (χ4v) is 2.62. The number of hydrogen-bond donors (Lipinski definition) is 0. The van der Waals surface area contributed by atoms with E-state index in [0.29, 0.717) is 18.2 Å². The monoisotopic (exact) mass is 440 g/mol. The summed E-state index contributed by atoms with van der Waals surface area (Å²) in [4.78, 5) is 0. The highest BCUT2D eigenvalue weighted by Crippen LogP contribution is 2.29. The largest absolute Gasteiger partial charge is 0.864 e. The van der Waals surface area contributed by atoms with Crippen LogP contribution in [0.1, 0.15) is 16.7 Å². The van der Waals surface area contributed by atoms with Crippen LogP contribution in [0.2, 0.25) is 0 Å². The second-order valence-corrected chi connectivity index (χ2v) is 6.67. The maximum absolute atomic E-state index is 13.9. The molecule has 3 nitrogen and oxygen atoms in total. The second kappa shape index (κ2) is 8.83. The predicted octanol–water partition coefficient (Wildman–Crippen LogP) is 5.97. The molecule has 0 bridgehead atoms. The van der Waals surface area contributed by atoms with Crippen LogP contribution in [0.15, 0.2) is 36.4 Å². The van der Waals surface area contributed by atoms with Crippen LogP contribution in [-0.2, 0) is 0 Å². The molecule has 0 amide bonds. The van der Waals surface area contributed by atoms with E-state index in [1.165, 1.54) is 20.8 Å². The molecule has 3 aromatic rings. The lowest BCUT2D eigenvalue weighted by Crippen LogP contribution is -2.38. The van der Waals surface area contributed by atoms with E-state index in [4.69, 9.17) is 14.0 Å². The Morgan fingerprint density at radius 1 is 0.484 bits per heavy atom. The lowest BCUT2D eigenvalue weighted by Gasteiger charge is -2.20. The first-order chi connectivity index (χ1) is 14.5. The quantitative estimate of drug-likeness (QED) is 0.350. The SMILES string of the molecule is Cc1c(F)cc(F)cc1OB(Oc1cc(F)cc(F)c1C)Oc1cc(F)cc(F)c1C. The summed E-state index contributed by atoms with van der Waals surface area (Å²) in [6, 6.07) is 4.35. The van der Waals surface area contributed by atoms with Crippen LogP contribution < -0.4 is 14.0 Å². The molecule has 0 atom stereocenters. The minimum atomic E-state index is -1.92. The van der Waals surface area contributed by atoms with Gasteiger partial charge in [-0.25, -0.2) is 26.3 Å². The molecular weight excluding hydrogens is 425 g/mol. The van der Waals surface area contributed by atoms with Crippen molar-refractivity contribution in [2.24, 2.45) is 0 Å². The fourth-order valence-electron chi connectivity index (χ4n) is 2.62. The summed E-state index contributed by atoms with van der Waals surface area (Å²) in [5, 5.41) is 0. The first-order valence-electron chi connectivity index (χ1n) is 8.92. The van der Waals surface area contributed by atoms with E-state index >= 15 is 0 Å². The van der Waals surface area contributed by atoms with E-state index in [2.05, 4.69) is 0 Å². The van der Waals surface area contributed by atoms with Gasteiger partial charge in [-0.1, -0.05) is 0 Å². The van der Waals surface area contributed by atoms with E-state index in [-0.39, 0.29) is 33.9 Å². The van der Waals surface area contributed by atoms with Crippen molar-refractivity contribution in [3.63, 3.8) is 0 Å². The molecule has 3 rings (SSSR count). The fraction of sp³-hybridized carbons (Fsp3) is 0.143. The first kappa shape index (κ1) is 22.4. The molecule has 0 saturated heterocycles. The van der Waals surface area contributed by atoms with Crippen LogP contribution in [0.4, 0.5) is 26.3 Å². The molecule has 0 spiro atoms. The molecule has 0 saturated carbocycles. The van der Waals surface area contributed by atoms with Crippen LogP contribution in [0.3, 0.4) is 0 Å². The molecule has 162 valence electrons. The van der Waals surface area contributed by atoms with Crippen molar-refractivity contribution in [3.8, 4) is 17.2 Å². The lowest BCUT2D eigenvalue weighted by atomic mass is 10.1. The zero-order valence-electron chi connectivity index (χ0n) is 16.5. The zero-order valence-corrected chi connectivity index (χ0v) is 16.5. The molecule has 10 heteroatoms. The van der Waals surface area contributed by atoms with Crippen LogP contribution >= 0.6 is 0 Å². The Labute approximate surface area is 174 Å². The number of benzene rings is 3. The Morgan fingerprint density at radius 2 is 0.742 bits per heavy atom. The molecule has 0 fully saturated rings. The van der Waals surface area contributed by atoms with Gasteiger partial charge < -0.3 is 14.0 Å². The average Bonchev–Trinajstić information content (AvgIpc) is 2.67. The highest BCUT2D eigenvalue weighted by atomic mass is 19.2. The highest BCUT2D eigenvalue weighted by Gasteiger charge is 2.34. The van der Waals surface area contributed by atoms with Gasteiger partial charge in [0.25, 0.3) is 0 Å². The molecule has 0 unspecified atom stereocenters. The normalized spacial score (nSPS) is 10.7. The van der Waals surface area contributed by atoms with Crippen molar-refractivity contribution >= 4 is 7.32 Å². The van der Waals surface area contributed by atoms with Gasteiger partial charge >= 0.3 is 7.32 Å². The summed E-state index contributed by atoms with van der Waals surface area (Å²) in [6.07, 6.45) is 0. The third-order valence-electron chi connectivity index (χ3n) is 4.45. The molecule has 3 aromatic carbocycles. The minimum absolute atomic E-state index is 0.122. The van der Waals surface area contributed by atoms with Gasteiger partial charge in [0.05, 0.1) is 0 Å². The summed E-state index contributed by atoms with van der Waals surface area (Å²) in [6.45, 7) is 3.84. The van der Waals surface area contributed by atoms with E-state index in [1.807, 2.05) is 0 Å². The van der Waals surface area contributed by atoms with Gasteiger partial charge in [0.15, 0.2) is 0 Å². The number of halogens is 6. The van der Waals surface area contributed by atoms with Gasteiger partial charge in [-0.05, 0) is 20.8 Å². The smallest absolute Gasteiger partial charge is 0.489 e. The molecule has 0 N–H and O–H groups in total. The molecular formula is C21H15BF6O3. The maximum Gasteiger partial charge on any atom is 0.864 e. The van der Waals surface area contributed by atoms with Crippen LogP contribution in [0.5, 0.6) is 17.2 Å². The highest BCUT2D eigenvalue weighted by molar-refractivity contribution is 6.39. The van der Waals surface area contributed by atoms with Crippen LogP contribution in [0.25, 0.3) is 0 Å². The van der Waals surface area contributed by atoms with E-state index in [0.717, 1.165) is 18.2 Å². The summed E-state index contributed by atoms with van der Waals surface area (Å²) in [5.41, 5.74) is -0.367. The van der Waals surface area contributed by atoms with Crippen molar-refractivity contribution in [2.75, 3.05) is 0 Å². The maximum atomic E-state index is 13.9. The lowest BCUT2D eigenvalue weighted by molar-refractivity contribution is 0.300. The molecule has 0 heterocycles. The standard InChI is InChI=1S/C21H15BF6O3/c1-10-16(26)4-13(23)7-19(10)29-22(30-20-8-14(24)5-17(27)11(20)2)31-21-9-15(25)6-18(28)12(21)3/h4-9H,1-3H3. The minimum Gasteiger partial charge on any atom is -0.489 e. The van der Waals surface area contributed by atoms with Gasteiger partial charge in [-0.15, -0.1) is 0 Å². The Kier molecular flexibility index (Phi) is 6.38. The molecule has 0 radical (unpaired) electrons. The van der Waals surface area contributed by atoms with Crippen molar-refractivity contribution in [3.05, 3.63) is 88.0 Å². The molecule has 0 aliphatic carbocycles. The van der Waals surface area contributed by atoms with Gasteiger partial charge in [0.1, 0.15) is 52.2 Å². The van der Waals surface area contributed by atoms with E-state index in [1.54, 1.807) is 0 Å². The van der Waals surface area contributed by atoms with Crippen molar-refractivity contribution in [1.29, 1.82) is 0 Å². The number of hydrogen-bond acceptors (Lipinski definition) is 3. The van der Waals surface area contributed by atoms with Gasteiger partial charge in [0.2, 0.25) is 0 Å². The van der Waals surface area contributed by atoms with E-state index in [9.17, 15) is 26.3 Å². The number of rotatable bonds is 6. The van der Waals surface area contributed by atoms with Gasteiger partial charge in [-0.2, -0.15) is 0 Å².